The van der Waals surface area contributed by atoms with Crippen LogP contribution in [0.5, 0.6) is 0 Å². The molecule has 0 amide bonds. The molecular formula is C54H44N2. The first kappa shape index (κ1) is 33.9. The van der Waals surface area contributed by atoms with Crippen LogP contribution in [-0.2, 0) is 0 Å². The van der Waals surface area contributed by atoms with Crippen LogP contribution in [0.25, 0.3) is 43.1 Å². The average Bonchev–Trinajstić information content (AvgIpc) is 3.20. The van der Waals surface area contributed by atoms with Gasteiger partial charge >= 0.3 is 0 Å². The fourth-order valence-electron chi connectivity index (χ4n) is 9.22. The highest BCUT2D eigenvalue weighted by Gasteiger charge is 2.25. The van der Waals surface area contributed by atoms with Gasteiger partial charge in [0.2, 0.25) is 0 Å². The third-order valence-corrected chi connectivity index (χ3v) is 11.6. The second-order valence-electron chi connectivity index (χ2n) is 15.7. The van der Waals surface area contributed by atoms with Gasteiger partial charge in [0.1, 0.15) is 0 Å². The summed E-state index contributed by atoms with van der Waals surface area (Å²) >= 11 is 0. The van der Waals surface area contributed by atoms with Crippen LogP contribution in [0.2, 0.25) is 0 Å². The van der Waals surface area contributed by atoms with Crippen LogP contribution in [-0.4, -0.2) is 0 Å². The molecule has 0 saturated heterocycles. The molecular weight excluding hydrogens is 677 g/mol. The lowest BCUT2D eigenvalue weighted by molar-refractivity contribution is 0.768. The van der Waals surface area contributed by atoms with Gasteiger partial charge in [-0.2, -0.15) is 0 Å². The maximum Gasteiger partial charge on any atom is 0.0546 e. The zero-order valence-electron chi connectivity index (χ0n) is 32.4. The van der Waals surface area contributed by atoms with E-state index in [9.17, 15) is 0 Å². The Labute approximate surface area is 329 Å². The summed E-state index contributed by atoms with van der Waals surface area (Å²) in [5.41, 5.74) is 13.4. The Balaban J connectivity index is 1.27. The molecule has 0 radical (unpaired) electrons. The lowest BCUT2D eigenvalue weighted by Crippen LogP contribution is -2.20. The molecule has 2 nitrogen and oxygen atoms in total. The second-order valence-corrected chi connectivity index (χ2v) is 15.7. The zero-order chi connectivity index (χ0) is 37.9. The topological polar surface area (TPSA) is 6.48 Å². The molecule has 8 aromatic rings. The number of hydrogen-bond donors (Lipinski definition) is 0. The number of benzene rings is 8. The van der Waals surface area contributed by atoms with E-state index in [1.807, 2.05) is 0 Å². The first-order valence-corrected chi connectivity index (χ1v) is 19.8. The zero-order valence-corrected chi connectivity index (χ0v) is 32.4. The molecule has 2 heteroatoms. The molecule has 56 heavy (non-hydrogen) atoms. The van der Waals surface area contributed by atoms with Crippen LogP contribution in [0.3, 0.4) is 0 Å². The number of hydrogen-bond acceptors (Lipinski definition) is 2. The van der Waals surface area contributed by atoms with Crippen molar-refractivity contribution < 1.29 is 0 Å². The van der Waals surface area contributed by atoms with Gasteiger partial charge in [0, 0.05) is 39.4 Å². The number of allylic oxidation sites excluding steroid dienone is 7. The first-order valence-electron chi connectivity index (χ1n) is 19.8. The summed E-state index contributed by atoms with van der Waals surface area (Å²) in [5.74, 6) is 0.420. The van der Waals surface area contributed by atoms with E-state index in [4.69, 9.17) is 0 Å². The van der Waals surface area contributed by atoms with E-state index in [0.29, 0.717) is 5.92 Å². The van der Waals surface area contributed by atoms with Gasteiger partial charge in [0.05, 0.1) is 11.4 Å². The minimum Gasteiger partial charge on any atom is -0.310 e. The molecule has 1 unspecified atom stereocenters. The average molecular weight is 721 g/mol. The van der Waals surface area contributed by atoms with Crippen LogP contribution in [0, 0.1) is 33.6 Å². The van der Waals surface area contributed by atoms with Crippen molar-refractivity contribution in [1.82, 2.24) is 0 Å². The van der Waals surface area contributed by atoms with Crippen LogP contribution in [0.1, 0.15) is 28.7 Å². The fourth-order valence-corrected chi connectivity index (χ4v) is 9.22. The summed E-state index contributed by atoms with van der Waals surface area (Å²) in [6.45, 7) is 8.81. The van der Waals surface area contributed by atoms with Crippen molar-refractivity contribution in [3.63, 3.8) is 0 Å². The van der Waals surface area contributed by atoms with Gasteiger partial charge in [-0.25, -0.2) is 0 Å². The molecule has 8 aromatic carbocycles. The Kier molecular flexibility index (Phi) is 8.22. The van der Waals surface area contributed by atoms with E-state index in [1.54, 1.807) is 0 Å². The van der Waals surface area contributed by atoms with E-state index < -0.39 is 0 Å². The summed E-state index contributed by atoms with van der Waals surface area (Å²) in [5, 5.41) is 9.86. The molecule has 2 aliphatic carbocycles. The quantitative estimate of drug-likeness (QED) is 0.158. The van der Waals surface area contributed by atoms with Crippen molar-refractivity contribution in [3.8, 4) is 0 Å². The molecule has 0 aliphatic heterocycles. The van der Waals surface area contributed by atoms with Crippen molar-refractivity contribution in [1.29, 1.82) is 0 Å². The minimum absolute atomic E-state index is 0.420. The number of aryl methyl sites for hydroxylation is 4. The van der Waals surface area contributed by atoms with Crippen molar-refractivity contribution in [2.45, 2.75) is 34.1 Å². The first-order chi connectivity index (χ1) is 27.4. The number of anilines is 5. The maximum absolute atomic E-state index is 2.51. The van der Waals surface area contributed by atoms with Gasteiger partial charge in [-0.3, -0.25) is 0 Å². The molecule has 0 saturated carbocycles. The SMILES string of the molecule is Cc1cc(C)cc(N(C2=CCC3C=CC=CC3=C2)c2cc3c4ccccc4c(N(c4cc(C)cc(C)c4)c4ccc5ccccc5c4)cc3c3ccccc23)c1. The van der Waals surface area contributed by atoms with Crippen LogP contribution in [0.15, 0.2) is 187 Å². The van der Waals surface area contributed by atoms with Crippen LogP contribution >= 0.6 is 0 Å². The predicted octanol–water partition coefficient (Wildman–Crippen LogP) is 15.1. The monoisotopic (exact) mass is 720 g/mol. The Bertz CT molecular complexity index is 2970. The Morgan fingerprint density at radius 3 is 1.61 bits per heavy atom. The van der Waals surface area contributed by atoms with Gasteiger partial charge in [0.25, 0.3) is 0 Å². The van der Waals surface area contributed by atoms with Crippen molar-refractivity contribution in [2.24, 2.45) is 5.92 Å². The lowest BCUT2D eigenvalue weighted by atomic mass is 9.86. The van der Waals surface area contributed by atoms with Gasteiger partial charge in [-0.15, -0.1) is 0 Å². The molecule has 0 N–H and O–H groups in total. The minimum atomic E-state index is 0.420. The van der Waals surface area contributed by atoms with Gasteiger partial charge in [-0.05, 0) is 149 Å². The van der Waals surface area contributed by atoms with E-state index >= 15 is 0 Å². The normalized spacial score (nSPS) is 15.0. The second kappa shape index (κ2) is 13.6. The maximum atomic E-state index is 2.51. The molecule has 1 atom stereocenters. The third-order valence-electron chi connectivity index (χ3n) is 11.6. The van der Waals surface area contributed by atoms with Crippen molar-refractivity contribution in [2.75, 3.05) is 9.80 Å². The lowest BCUT2D eigenvalue weighted by Gasteiger charge is -2.33. The summed E-state index contributed by atoms with van der Waals surface area (Å²) in [4.78, 5) is 4.98. The number of fused-ring (bicyclic) bond motifs is 7. The van der Waals surface area contributed by atoms with Gasteiger partial charge in [-0.1, -0.05) is 121 Å². The molecule has 270 valence electrons. The largest absolute Gasteiger partial charge is 0.310 e. The molecule has 2 aliphatic rings. The number of rotatable bonds is 6. The molecule has 0 bridgehead atoms. The highest BCUT2D eigenvalue weighted by molar-refractivity contribution is 6.24. The van der Waals surface area contributed by atoms with E-state index in [-0.39, 0.29) is 0 Å². The molecule has 0 spiro atoms. The summed E-state index contributed by atoms with van der Waals surface area (Å²) in [7, 11) is 0. The van der Waals surface area contributed by atoms with Crippen LogP contribution < -0.4 is 9.80 Å². The van der Waals surface area contributed by atoms with Crippen LogP contribution in [0.4, 0.5) is 28.4 Å². The fraction of sp³-hybridized carbons (Fsp3) is 0.111. The smallest absolute Gasteiger partial charge is 0.0546 e. The molecule has 0 heterocycles. The van der Waals surface area contributed by atoms with Gasteiger partial charge in [0.15, 0.2) is 0 Å². The number of nitrogens with zero attached hydrogens (tertiary/aromatic N) is 2. The van der Waals surface area contributed by atoms with Crippen molar-refractivity contribution in [3.05, 3.63) is 210 Å². The highest BCUT2D eigenvalue weighted by atomic mass is 15.2. The van der Waals surface area contributed by atoms with Gasteiger partial charge < -0.3 is 9.80 Å². The van der Waals surface area contributed by atoms with E-state index in [1.165, 1.54) is 93.7 Å². The summed E-state index contributed by atoms with van der Waals surface area (Å²) in [6.07, 6.45) is 14.8. The molecule has 0 aromatic heterocycles. The summed E-state index contributed by atoms with van der Waals surface area (Å²) < 4.78 is 0. The third kappa shape index (κ3) is 5.90. The Hall–Kier alpha value is -6.64. The molecule has 10 rings (SSSR count). The van der Waals surface area contributed by atoms with Crippen molar-refractivity contribution >= 4 is 71.5 Å². The predicted molar refractivity (Wildman–Crippen MR) is 241 cm³/mol. The summed E-state index contributed by atoms with van der Waals surface area (Å²) in [6, 6.07) is 52.2. The standard InChI is InChI=1S/C54H44N2/c1-35-25-36(2)28-45(27-35)55(43-23-21-39-13-5-7-15-41(39)31-43)53-33-51-48-18-10-12-20-50(48)54(34-52(51)47-17-9-11-19-49(47)53)56(46-29-37(3)26-38(4)30-46)44-24-22-40-14-6-8-16-42(40)32-44/h5-21,23-34,40H,22H2,1-4H3. The molecule has 0 fully saturated rings. The Morgan fingerprint density at radius 1 is 0.446 bits per heavy atom. The van der Waals surface area contributed by atoms with E-state index in [2.05, 4.69) is 213 Å². The van der Waals surface area contributed by atoms with E-state index in [0.717, 1.165) is 17.8 Å². The Morgan fingerprint density at radius 2 is 0.982 bits per heavy atom. The highest BCUT2D eigenvalue weighted by Crippen LogP contribution is 2.48.